The molecule has 2 amide bonds. The molecule has 2 N–H and O–H groups in total. The summed E-state index contributed by atoms with van der Waals surface area (Å²) < 4.78 is 0. The van der Waals surface area contributed by atoms with Gasteiger partial charge < -0.3 is 10.4 Å². The monoisotopic (exact) mass is 502 g/mol. The average molecular weight is 503 g/mol. The first-order chi connectivity index (χ1) is 17.7. The number of carbonyl (C=O) groups excluding carboxylic acids is 2. The van der Waals surface area contributed by atoms with Crippen LogP contribution in [0.15, 0.2) is 48.8 Å². The van der Waals surface area contributed by atoms with Gasteiger partial charge in [0.25, 0.3) is 0 Å². The smallest absolute Gasteiger partial charge is 0.328 e. The second-order valence-corrected chi connectivity index (χ2v) is 11.4. The first kappa shape index (κ1) is 26.8. The predicted octanol–water partition coefficient (Wildman–Crippen LogP) is 5.17. The second-order valence-electron chi connectivity index (χ2n) is 11.4. The molecule has 1 aromatic carbocycles. The maximum atomic E-state index is 14.2. The molecule has 0 bridgehead atoms. The fourth-order valence-electron chi connectivity index (χ4n) is 5.47. The highest BCUT2D eigenvalue weighted by molar-refractivity contribution is 6.02. The lowest BCUT2D eigenvalue weighted by molar-refractivity contribution is -0.133. The molecule has 2 fully saturated rings. The van der Waals surface area contributed by atoms with E-state index in [1.165, 1.54) is 6.42 Å². The van der Waals surface area contributed by atoms with E-state index in [0.29, 0.717) is 24.1 Å². The van der Waals surface area contributed by atoms with Crippen LogP contribution in [0, 0.1) is 18.4 Å². The molecule has 1 heterocycles. The standard InChI is InChI=1S/C30H38N4O3/c1-30(2,3)21-12-14-23(15-13-21)34(29(37)25-17-16-24(25)27(35)31-4)26(20-9-8-18-32-19-20)28(36)33-22-10-6-5-7-11-22/h8-9,12-15,18-19,22,24-27,35H,5-7,10-11,16-17H2,1-3H3,(H,33,36)/t24?,25-,26?,27?/m0/s1. The molecule has 0 spiro atoms. The fourth-order valence-corrected chi connectivity index (χ4v) is 5.47. The Bertz CT molecular complexity index is 1110. The Labute approximate surface area is 220 Å². The van der Waals surface area contributed by atoms with E-state index < -0.39 is 24.1 Å². The van der Waals surface area contributed by atoms with Crippen LogP contribution in [0.5, 0.6) is 0 Å². The Balaban J connectivity index is 1.76. The molecule has 7 heteroatoms. The van der Waals surface area contributed by atoms with E-state index in [2.05, 4.69) is 35.9 Å². The highest BCUT2D eigenvalue weighted by Crippen LogP contribution is 2.42. The minimum atomic E-state index is -1.22. The number of rotatable bonds is 7. The molecule has 2 aliphatic rings. The summed E-state index contributed by atoms with van der Waals surface area (Å²) in [5, 5.41) is 13.5. The third-order valence-electron chi connectivity index (χ3n) is 7.87. The molecule has 0 aliphatic heterocycles. The molecular weight excluding hydrogens is 464 g/mol. The Morgan fingerprint density at radius 1 is 1.08 bits per heavy atom. The van der Waals surface area contributed by atoms with Gasteiger partial charge in [-0.15, -0.1) is 0 Å². The van der Waals surface area contributed by atoms with E-state index in [1.807, 2.05) is 30.3 Å². The Hall–Kier alpha value is -3.24. The molecular formula is C30H38N4O3. The zero-order chi connectivity index (χ0) is 26.6. The van der Waals surface area contributed by atoms with Crippen molar-refractivity contribution < 1.29 is 14.7 Å². The lowest BCUT2D eigenvalue weighted by Crippen LogP contribution is -2.52. The number of carbonyl (C=O) groups is 2. The van der Waals surface area contributed by atoms with Gasteiger partial charge in [-0.25, -0.2) is 6.57 Å². The molecule has 4 rings (SSSR count). The molecule has 1 aromatic heterocycles. The van der Waals surface area contributed by atoms with Gasteiger partial charge in [-0.1, -0.05) is 58.2 Å². The topological polar surface area (TPSA) is 86.9 Å². The minimum absolute atomic E-state index is 0.0622. The second kappa shape index (κ2) is 11.4. The Morgan fingerprint density at radius 3 is 2.32 bits per heavy atom. The molecule has 37 heavy (non-hydrogen) atoms. The van der Waals surface area contributed by atoms with Crippen LogP contribution in [-0.4, -0.2) is 34.2 Å². The molecule has 4 atom stereocenters. The van der Waals surface area contributed by atoms with Gasteiger partial charge in [0.1, 0.15) is 6.04 Å². The van der Waals surface area contributed by atoms with E-state index >= 15 is 0 Å². The minimum Gasteiger partial charge on any atom is -0.351 e. The maximum absolute atomic E-state index is 14.2. The molecule has 2 saturated carbocycles. The van der Waals surface area contributed by atoms with Gasteiger partial charge in [0, 0.05) is 29.7 Å². The van der Waals surface area contributed by atoms with Gasteiger partial charge in [-0.2, -0.15) is 0 Å². The molecule has 3 unspecified atom stereocenters. The summed E-state index contributed by atoms with van der Waals surface area (Å²) in [6, 6.07) is 10.6. The van der Waals surface area contributed by atoms with Crippen molar-refractivity contribution in [3.05, 3.63) is 71.3 Å². The number of aliphatic hydroxyl groups is 1. The van der Waals surface area contributed by atoms with Crippen LogP contribution < -0.4 is 10.2 Å². The number of pyridine rings is 1. The van der Waals surface area contributed by atoms with Crippen molar-refractivity contribution in [2.45, 2.75) is 89.4 Å². The number of aliphatic hydroxyl groups excluding tert-OH is 1. The van der Waals surface area contributed by atoms with Crippen molar-refractivity contribution in [3.63, 3.8) is 0 Å². The summed E-state index contributed by atoms with van der Waals surface area (Å²) in [6.45, 7) is 13.7. The summed E-state index contributed by atoms with van der Waals surface area (Å²) in [5.74, 6) is -1.42. The van der Waals surface area contributed by atoms with Crippen molar-refractivity contribution in [1.82, 2.24) is 10.3 Å². The Morgan fingerprint density at radius 2 is 1.78 bits per heavy atom. The van der Waals surface area contributed by atoms with E-state index in [0.717, 1.165) is 31.2 Å². The number of benzene rings is 1. The number of anilines is 1. The van der Waals surface area contributed by atoms with Crippen molar-refractivity contribution in [2.75, 3.05) is 4.90 Å². The van der Waals surface area contributed by atoms with E-state index in [1.54, 1.807) is 23.4 Å². The summed E-state index contributed by atoms with van der Waals surface area (Å²) in [5.41, 5.74) is 2.31. The average Bonchev–Trinajstić information content (AvgIpc) is 2.87. The Kier molecular flexibility index (Phi) is 8.29. The molecule has 7 nitrogen and oxygen atoms in total. The normalized spacial score (nSPS) is 21.7. The predicted molar refractivity (Wildman–Crippen MR) is 143 cm³/mol. The number of hydrogen-bond acceptors (Lipinski definition) is 4. The first-order valence-corrected chi connectivity index (χ1v) is 13.4. The van der Waals surface area contributed by atoms with Gasteiger partial charge in [0.15, 0.2) is 0 Å². The largest absolute Gasteiger partial charge is 0.351 e. The highest BCUT2D eigenvalue weighted by Gasteiger charge is 2.48. The van der Waals surface area contributed by atoms with Gasteiger partial charge >= 0.3 is 6.23 Å². The zero-order valence-electron chi connectivity index (χ0n) is 22.1. The molecule has 2 aromatic rings. The number of nitrogens with zero attached hydrogens (tertiary/aromatic N) is 3. The van der Waals surface area contributed by atoms with Crippen LogP contribution in [0.2, 0.25) is 0 Å². The summed E-state index contributed by atoms with van der Waals surface area (Å²) in [7, 11) is 0. The van der Waals surface area contributed by atoms with Crippen LogP contribution >= 0.6 is 0 Å². The molecule has 0 saturated heterocycles. The number of aromatic nitrogens is 1. The quantitative estimate of drug-likeness (QED) is 0.512. The van der Waals surface area contributed by atoms with E-state index in [9.17, 15) is 14.7 Å². The lowest BCUT2D eigenvalue weighted by atomic mass is 9.71. The van der Waals surface area contributed by atoms with Crippen molar-refractivity contribution in [2.24, 2.45) is 11.8 Å². The molecule has 196 valence electrons. The van der Waals surface area contributed by atoms with Gasteiger partial charge in [0.2, 0.25) is 11.8 Å². The number of amides is 2. The fraction of sp³-hybridized carbons (Fsp3) is 0.533. The maximum Gasteiger partial charge on any atom is 0.328 e. The lowest BCUT2D eigenvalue weighted by Gasteiger charge is -2.40. The van der Waals surface area contributed by atoms with E-state index in [-0.39, 0.29) is 23.3 Å². The van der Waals surface area contributed by atoms with Crippen molar-refractivity contribution in [3.8, 4) is 0 Å². The number of nitrogens with one attached hydrogen (secondary N) is 1. The third-order valence-corrected chi connectivity index (χ3v) is 7.87. The van der Waals surface area contributed by atoms with Gasteiger partial charge in [-0.3, -0.25) is 24.3 Å². The van der Waals surface area contributed by atoms with Gasteiger partial charge in [-0.05, 0) is 54.9 Å². The molecule has 2 aliphatic carbocycles. The van der Waals surface area contributed by atoms with Crippen LogP contribution in [-0.2, 0) is 15.0 Å². The van der Waals surface area contributed by atoms with Crippen molar-refractivity contribution in [1.29, 1.82) is 0 Å². The third kappa shape index (κ3) is 6.02. The highest BCUT2D eigenvalue weighted by atomic mass is 16.3. The SMILES string of the molecule is [C-]#[N+]C(O)C1CC[C@@H]1C(=O)N(c1ccc(C(C)(C)C)cc1)C(C(=O)NC1CCCCC1)c1cccnc1. The first-order valence-electron chi connectivity index (χ1n) is 13.4. The van der Waals surface area contributed by atoms with Crippen molar-refractivity contribution >= 4 is 17.5 Å². The van der Waals surface area contributed by atoms with Crippen LogP contribution in [0.25, 0.3) is 4.85 Å². The van der Waals surface area contributed by atoms with Crippen LogP contribution in [0.4, 0.5) is 5.69 Å². The number of hydrogen-bond donors (Lipinski definition) is 2. The zero-order valence-corrected chi connectivity index (χ0v) is 22.1. The molecule has 0 radical (unpaired) electrons. The summed E-state index contributed by atoms with van der Waals surface area (Å²) >= 11 is 0. The van der Waals surface area contributed by atoms with Gasteiger partial charge in [0.05, 0.1) is 11.8 Å². The summed E-state index contributed by atoms with van der Waals surface area (Å²) in [6.07, 6.45) is 8.47. The van der Waals surface area contributed by atoms with Crippen LogP contribution in [0.1, 0.15) is 82.9 Å². The van der Waals surface area contributed by atoms with E-state index in [4.69, 9.17) is 6.57 Å². The summed E-state index contributed by atoms with van der Waals surface area (Å²) in [4.78, 5) is 37.2. The van der Waals surface area contributed by atoms with Crippen LogP contribution in [0.3, 0.4) is 0 Å².